The van der Waals surface area contributed by atoms with E-state index >= 15 is 0 Å². The van der Waals surface area contributed by atoms with Gasteiger partial charge in [0.15, 0.2) is 0 Å². The van der Waals surface area contributed by atoms with Gasteiger partial charge in [0.05, 0.1) is 6.61 Å². The molecule has 0 aromatic heterocycles. The molecule has 0 aliphatic rings. The SMILES string of the molecule is C=CCO.O. The molecule has 32 valence electrons. The molecule has 0 fully saturated rings. The normalized spacial score (nSPS) is 5.00. The molecule has 0 aromatic rings. The molecule has 0 radical (unpaired) electrons. The highest BCUT2D eigenvalue weighted by molar-refractivity contribution is 4.60. The molecule has 2 heteroatoms. The molecule has 2 nitrogen and oxygen atoms in total. The predicted octanol–water partition coefficient (Wildman–Crippen LogP) is -0.660. The first-order valence-electron chi connectivity index (χ1n) is 1.13. The first kappa shape index (κ1) is 8.82. The highest BCUT2D eigenvalue weighted by Crippen LogP contribution is 1.46. The van der Waals surface area contributed by atoms with Crippen LogP contribution in [0.3, 0.4) is 0 Å². The third-order valence-electron chi connectivity index (χ3n) is 0.129. The maximum Gasteiger partial charge on any atom is 0.0609 e. The second kappa shape index (κ2) is 9.40. The summed E-state index contributed by atoms with van der Waals surface area (Å²) in [6.07, 6.45) is 1.43. The van der Waals surface area contributed by atoms with E-state index in [1.807, 2.05) is 0 Å². The van der Waals surface area contributed by atoms with Crippen molar-refractivity contribution in [1.29, 1.82) is 0 Å². The summed E-state index contributed by atoms with van der Waals surface area (Å²) in [5.41, 5.74) is 0. The Hall–Kier alpha value is -0.340. The van der Waals surface area contributed by atoms with Crippen LogP contribution in [0.15, 0.2) is 12.7 Å². The Morgan fingerprint density at radius 1 is 1.80 bits per heavy atom. The van der Waals surface area contributed by atoms with Crippen molar-refractivity contribution in [3.63, 3.8) is 0 Å². The van der Waals surface area contributed by atoms with E-state index in [-0.39, 0.29) is 12.1 Å². The Morgan fingerprint density at radius 3 is 2.00 bits per heavy atom. The molecule has 0 atom stereocenters. The molecule has 3 N–H and O–H groups in total. The summed E-state index contributed by atoms with van der Waals surface area (Å²) in [6, 6.07) is 0. The molecular formula is C3H8O2. The van der Waals surface area contributed by atoms with Gasteiger partial charge in [0.2, 0.25) is 0 Å². The lowest BCUT2D eigenvalue weighted by Gasteiger charge is -1.60. The minimum atomic E-state index is 0. The second-order valence-electron chi connectivity index (χ2n) is 0.471. The number of aliphatic hydroxyl groups is 1. The third kappa shape index (κ3) is 23.2. The summed E-state index contributed by atoms with van der Waals surface area (Å²) in [4.78, 5) is 0. The Morgan fingerprint density at radius 2 is 2.00 bits per heavy atom. The fourth-order valence-corrected chi connectivity index (χ4v) is 0. The molecule has 0 aromatic carbocycles. The van der Waals surface area contributed by atoms with E-state index in [1.165, 1.54) is 6.08 Å². The number of aliphatic hydroxyl groups excluding tert-OH is 1. The van der Waals surface area contributed by atoms with Gasteiger partial charge in [-0.15, -0.1) is 6.58 Å². The van der Waals surface area contributed by atoms with Gasteiger partial charge in [-0.3, -0.25) is 0 Å². The average molecular weight is 76.1 g/mol. The minimum absolute atomic E-state index is 0. The van der Waals surface area contributed by atoms with Crippen LogP contribution in [0.5, 0.6) is 0 Å². The topological polar surface area (TPSA) is 51.7 Å². The van der Waals surface area contributed by atoms with Crippen molar-refractivity contribution in [2.45, 2.75) is 0 Å². The monoisotopic (exact) mass is 76.1 g/mol. The summed E-state index contributed by atoms with van der Waals surface area (Å²) in [6.45, 7) is 3.31. The average Bonchev–Trinajstić information content (AvgIpc) is 1.37. The van der Waals surface area contributed by atoms with Gasteiger partial charge in [0, 0.05) is 0 Å². The van der Waals surface area contributed by atoms with Gasteiger partial charge >= 0.3 is 0 Å². The highest BCUT2D eigenvalue weighted by atomic mass is 16.2. The van der Waals surface area contributed by atoms with Crippen molar-refractivity contribution in [1.82, 2.24) is 0 Å². The summed E-state index contributed by atoms with van der Waals surface area (Å²) < 4.78 is 0. The molecule has 0 saturated carbocycles. The van der Waals surface area contributed by atoms with Crippen LogP contribution in [-0.4, -0.2) is 17.2 Å². The summed E-state index contributed by atoms with van der Waals surface area (Å²) in [5.74, 6) is 0. The van der Waals surface area contributed by atoms with Gasteiger partial charge in [0.1, 0.15) is 0 Å². The summed E-state index contributed by atoms with van der Waals surface area (Å²) >= 11 is 0. The van der Waals surface area contributed by atoms with Gasteiger partial charge in [0.25, 0.3) is 0 Å². The van der Waals surface area contributed by atoms with Crippen LogP contribution in [0.2, 0.25) is 0 Å². The molecule has 0 amide bonds. The highest BCUT2D eigenvalue weighted by Gasteiger charge is 1.45. The van der Waals surface area contributed by atoms with E-state index in [2.05, 4.69) is 6.58 Å². The molecule has 0 heterocycles. The molecule has 5 heavy (non-hydrogen) atoms. The molecule has 0 rings (SSSR count). The maximum atomic E-state index is 7.76. The largest absolute Gasteiger partial charge is 0.412 e. The first-order valence-corrected chi connectivity index (χ1v) is 1.13. The van der Waals surface area contributed by atoms with Crippen LogP contribution in [0, 0.1) is 0 Å². The van der Waals surface area contributed by atoms with Crippen LogP contribution in [0.4, 0.5) is 0 Å². The van der Waals surface area contributed by atoms with E-state index in [0.717, 1.165) is 0 Å². The lowest BCUT2D eigenvalue weighted by atomic mass is 10.7. The van der Waals surface area contributed by atoms with Gasteiger partial charge in [-0.2, -0.15) is 0 Å². The van der Waals surface area contributed by atoms with E-state index in [1.54, 1.807) is 0 Å². The van der Waals surface area contributed by atoms with Crippen LogP contribution in [0.25, 0.3) is 0 Å². The smallest absolute Gasteiger partial charge is 0.0609 e. The van der Waals surface area contributed by atoms with Gasteiger partial charge in [-0.1, -0.05) is 6.08 Å². The van der Waals surface area contributed by atoms with E-state index in [0.29, 0.717) is 0 Å². The molecule has 0 spiro atoms. The number of rotatable bonds is 1. The number of hydrogen-bond donors (Lipinski definition) is 1. The van der Waals surface area contributed by atoms with E-state index < -0.39 is 0 Å². The Labute approximate surface area is 31.1 Å². The van der Waals surface area contributed by atoms with Crippen LogP contribution in [0.1, 0.15) is 0 Å². The van der Waals surface area contributed by atoms with Crippen molar-refractivity contribution in [2.75, 3.05) is 6.61 Å². The Bertz CT molecular complexity index is 18.9. The van der Waals surface area contributed by atoms with Crippen molar-refractivity contribution in [3.05, 3.63) is 12.7 Å². The molecule has 0 aliphatic carbocycles. The van der Waals surface area contributed by atoms with Crippen molar-refractivity contribution >= 4 is 0 Å². The van der Waals surface area contributed by atoms with Crippen LogP contribution in [-0.2, 0) is 0 Å². The van der Waals surface area contributed by atoms with Gasteiger partial charge in [-0.25, -0.2) is 0 Å². The molecular weight excluding hydrogens is 68.0 g/mol. The van der Waals surface area contributed by atoms with Gasteiger partial charge in [-0.05, 0) is 0 Å². The molecule has 0 unspecified atom stereocenters. The molecule has 0 bridgehead atoms. The molecule has 0 aliphatic heterocycles. The third-order valence-corrected chi connectivity index (χ3v) is 0.129. The van der Waals surface area contributed by atoms with E-state index in [9.17, 15) is 0 Å². The zero-order valence-electron chi connectivity index (χ0n) is 2.94. The van der Waals surface area contributed by atoms with Crippen LogP contribution >= 0.6 is 0 Å². The first-order chi connectivity index (χ1) is 1.91. The molecule has 0 saturated heterocycles. The summed E-state index contributed by atoms with van der Waals surface area (Å²) in [7, 11) is 0. The summed E-state index contributed by atoms with van der Waals surface area (Å²) in [5, 5.41) is 7.76. The quantitative estimate of drug-likeness (QED) is 0.414. The van der Waals surface area contributed by atoms with Crippen molar-refractivity contribution in [2.24, 2.45) is 0 Å². The lowest BCUT2D eigenvalue weighted by Crippen LogP contribution is -1.62. The maximum absolute atomic E-state index is 7.76. The standard InChI is InChI=1S/C3H6O.H2O/c1-2-3-4;/h2,4H,1,3H2;1H2. The fraction of sp³-hybridized carbons (Fsp3) is 0.333. The Balaban J connectivity index is 0. The lowest BCUT2D eigenvalue weighted by molar-refractivity contribution is 0.343. The van der Waals surface area contributed by atoms with Crippen LogP contribution < -0.4 is 0 Å². The Kier molecular flexibility index (Phi) is 16.6. The zero-order chi connectivity index (χ0) is 3.41. The zero-order valence-corrected chi connectivity index (χ0v) is 2.94. The fourth-order valence-electron chi connectivity index (χ4n) is 0. The van der Waals surface area contributed by atoms with Crippen molar-refractivity contribution in [3.8, 4) is 0 Å². The minimum Gasteiger partial charge on any atom is -0.412 e. The predicted molar refractivity (Wildman–Crippen MR) is 20.9 cm³/mol. The number of hydrogen-bond acceptors (Lipinski definition) is 1. The van der Waals surface area contributed by atoms with Crippen molar-refractivity contribution < 1.29 is 10.6 Å². The second-order valence-corrected chi connectivity index (χ2v) is 0.471. The van der Waals surface area contributed by atoms with E-state index in [4.69, 9.17) is 5.11 Å². The van der Waals surface area contributed by atoms with Gasteiger partial charge < -0.3 is 10.6 Å².